The van der Waals surface area contributed by atoms with E-state index >= 15 is 0 Å². The molecule has 0 aromatic heterocycles. The van der Waals surface area contributed by atoms with Crippen molar-refractivity contribution in [3.8, 4) is 0 Å². The third-order valence-corrected chi connectivity index (χ3v) is 4.41. The van der Waals surface area contributed by atoms with E-state index in [9.17, 15) is 4.79 Å². The van der Waals surface area contributed by atoms with Gasteiger partial charge in [0, 0.05) is 17.1 Å². The molecule has 1 saturated carbocycles. The third kappa shape index (κ3) is 5.68. The van der Waals surface area contributed by atoms with Gasteiger partial charge in [-0.3, -0.25) is 4.79 Å². The summed E-state index contributed by atoms with van der Waals surface area (Å²) in [5.74, 6) is 0.0997. The molecule has 1 atom stereocenters. The second-order valence-electron chi connectivity index (χ2n) is 5.91. The van der Waals surface area contributed by atoms with Crippen LogP contribution in [0.3, 0.4) is 0 Å². The van der Waals surface area contributed by atoms with Crippen LogP contribution in [0.5, 0.6) is 0 Å². The number of nitrogens with one attached hydrogen (secondary N) is 2. The molecule has 1 amide bonds. The van der Waals surface area contributed by atoms with E-state index in [-0.39, 0.29) is 11.9 Å². The summed E-state index contributed by atoms with van der Waals surface area (Å²) < 4.78 is 0. The smallest absolute Gasteiger partial charge is 0.234 e. The molecule has 0 radical (unpaired) electrons. The first-order valence-electron chi connectivity index (χ1n) is 7.93. The van der Waals surface area contributed by atoms with E-state index in [0.29, 0.717) is 12.6 Å². The van der Waals surface area contributed by atoms with Crippen LogP contribution >= 0.6 is 11.6 Å². The van der Waals surface area contributed by atoms with Crippen molar-refractivity contribution in [1.82, 2.24) is 10.6 Å². The maximum atomic E-state index is 12.0. The van der Waals surface area contributed by atoms with Gasteiger partial charge in [-0.15, -0.1) is 0 Å². The van der Waals surface area contributed by atoms with Gasteiger partial charge in [0.25, 0.3) is 0 Å². The standard InChI is InChI=1S/C17H25ClN2O/c1-13(14-8-10-15(18)11-9-14)19-12-17(21)20-16-6-4-2-3-5-7-16/h8-11,13,16,19H,2-7,12H2,1H3,(H,20,21)/t13-/m1/s1. The quantitative estimate of drug-likeness (QED) is 0.812. The fourth-order valence-corrected chi connectivity index (χ4v) is 2.94. The molecule has 2 rings (SSSR count). The summed E-state index contributed by atoms with van der Waals surface area (Å²) in [6.45, 7) is 2.42. The maximum Gasteiger partial charge on any atom is 0.234 e. The Morgan fingerprint density at radius 1 is 1.19 bits per heavy atom. The van der Waals surface area contributed by atoms with E-state index in [1.807, 2.05) is 24.3 Å². The van der Waals surface area contributed by atoms with Crippen molar-refractivity contribution in [1.29, 1.82) is 0 Å². The van der Waals surface area contributed by atoms with E-state index in [2.05, 4.69) is 17.6 Å². The maximum absolute atomic E-state index is 12.0. The zero-order valence-electron chi connectivity index (χ0n) is 12.7. The van der Waals surface area contributed by atoms with E-state index in [1.165, 1.54) is 25.7 Å². The first-order chi connectivity index (χ1) is 10.1. The largest absolute Gasteiger partial charge is 0.352 e. The minimum atomic E-state index is 0.0997. The Morgan fingerprint density at radius 3 is 2.43 bits per heavy atom. The molecule has 3 nitrogen and oxygen atoms in total. The van der Waals surface area contributed by atoms with E-state index in [1.54, 1.807) is 0 Å². The third-order valence-electron chi connectivity index (χ3n) is 4.16. The van der Waals surface area contributed by atoms with Crippen molar-refractivity contribution in [2.24, 2.45) is 0 Å². The second kappa shape index (κ2) is 8.40. The molecule has 2 N–H and O–H groups in total. The number of benzene rings is 1. The Hall–Kier alpha value is -1.06. The summed E-state index contributed by atoms with van der Waals surface area (Å²) >= 11 is 5.88. The van der Waals surface area contributed by atoms with Gasteiger partial charge in [-0.2, -0.15) is 0 Å². The van der Waals surface area contributed by atoms with Crippen molar-refractivity contribution in [3.63, 3.8) is 0 Å². The van der Waals surface area contributed by atoms with Crippen molar-refractivity contribution >= 4 is 17.5 Å². The predicted octanol–water partition coefficient (Wildman–Crippen LogP) is 3.83. The summed E-state index contributed by atoms with van der Waals surface area (Å²) in [6, 6.07) is 8.24. The molecular formula is C17H25ClN2O. The lowest BCUT2D eigenvalue weighted by molar-refractivity contribution is -0.121. The van der Waals surface area contributed by atoms with Crippen LogP contribution < -0.4 is 10.6 Å². The Labute approximate surface area is 132 Å². The lowest BCUT2D eigenvalue weighted by Gasteiger charge is -2.18. The van der Waals surface area contributed by atoms with Gasteiger partial charge >= 0.3 is 0 Å². The molecule has 0 saturated heterocycles. The molecule has 0 spiro atoms. The number of carbonyl (C=O) groups is 1. The molecule has 1 aliphatic rings. The van der Waals surface area contributed by atoms with E-state index in [4.69, 9.17) is 11.6 Å². The number of amides is 1. The van der Waals surface area contributed by atoms with Gasteiger partial charge in [0.2, 0.25) is 5.91 Å². The number of rotatable bonds is 5. The average Bonchev–Trinajstić information content (AvgIpc) is 2.74. The lowest BCUT2D eigenvalue weighted by Crippen LogP contribution is -2.40. The lowest BCUT2D eigenvalue weighted by atomic mass is 10.1. The Morgan fingerprint density at radius 2 is 1.81 bits per heavy atom. The first kappa shape index (κ1) is 16.3. The van der Waals surface area contributed by atoms with Crippen molar-refractivity contribution in [2.75, 3.05) is 6.54 Å². The van der Waals surface area contributed by atoms with Crippen LogP contribution in [0.2, 0.25) is 5.02 Å². The van der Waals surface area contributed by atoms with Crippen LogP contribution in [0, 0.1) is 0 Å². The molecule has 0 aliphatic heterocycles. The summed E-state index contributed by atoms with van der Waals surface area (Å²) in [4.78, 5) is 12.0. The first-order valence-corrected chi connectivity index (χ1v) is 8.31. The highest BCUT2D eigenvalue weighted by Crippen LogP contribution is 2.17. The summed E-state index contributed by atoms with van der Waals surface area (Å²) in [5.41, 5.74) is 1.14. The zero-order valence-corrected chi connectivity index (χ0v) is 13.5. The minimum absolute atomic E-state index is 0.0997. The molecule has 21 heavy (non-hydrogen) atoms. The summed E-state index contributed by atoms with van der Waals surface area (Å²) in [6.07, 6.45) is 7.33. The van der Waals surface area contributed by atoms with Gasteiger partial charge in [-0.05, 0) is 37.5 Å². The molecule has 0 unspecified atom stereocenters. The molecule has 1 aliphatic carbocycles. The van der Waals surface area contributed by atoms with Gasteiger partial charge in [0.15, 0.2) is 0 Å². The monoisotopic (exact) mass is 308 g/mol. The predicted molar refractivity (Wildman–Crippen MR) is 87.5 cm³/mol. The molecule has 4 heteroatoms. The molecule has 1 aromatic carbocycles. The van der Waals surface area contributed by atoms with Crippen LogP contribution in [0.1, 0.15) is 57.1 Å². The van der Waals surface area contributed by atoms with Crippen LogP contribution in [-0.2, 0) is 4.79 Å². The molecule has 1 fully saturated rings. The summed E-state index contributed by atoms with van der Waals surface area (Å²) in [5, 5.41) is 7.15. The fourth-order valence-electron chi connectivity index (χ4n) is 2.82. The van der Waals surface area contributed by atoms with Crippen LogP contribution in [-0.4, -0.2) is 18.5 Å². The fraction of sp³-hybridized carbons (Fsp3) is 0.588. The van der Waals surface area contributed by atoms with E-state index < -0.39 is 0 Å². The SMILES string of the molecule is C[C@@H](NCC(=O)NC1CCCCCC1)c1ccc(Cl)cc1. The second-order valence-corrected chi connectivity index (χ2v) is 6.35. The van der Waals surface area contributed by atoms with Crippen LogP contribution in [0.4, 0.5) is 0 Å². The van der Waals surface area contributed by atoms with Crippen molar-refractivity contribution < 1.29 is 4.79 Å². The molecular weight excluding hydrogens is 284 g/mol. The molecule has 0 bridgehead atoms. The Bertz CT molecular complexity index is 439. The summed E-state index contributed by atoms with van der Waals surface area (Å²) in [7, 11) is 0. The molecule has 0 heterocycles. The highest BCUT2D eigenvalue weighted by molar-refractivity contribution is 6.30. The van der Waals surface area contributed by atoms with E-state index in [0.717, 1.165) is 23.4 Å². The Kier molecular flexibility index (Phi) is 6.52. The normalized spacial score (nSPS) is 18.0. The highest BCUT2D eigenvalue weighted by atomic mass is 35.5. The number of hydrogen-bond donors (Lipinski definition) is 2. The minimum Gasteiger partial charge on any atom is -0.352 e. The average molecular weight is 309 g/mol. The highest BCUT2D eigenvalue weighted by Gasteiger charge is 2.15. The topological polar surface area (TPSA) is 41.1 Å². The van der Waals surface area contributed by atoms with Gasteiger partial charge in [0.1, 0.15) is 0 Å². The van der Waals surface area contributed by atoms with Gasteiger partial charge in [-0.1, -0.05) is 49.4 Å². The number of carbonyl (C=O) groups excluding carboxylic acids is 1. The van der Waals surface area contributed by atoms with Gasteiger partial charge < -0.3 is 10.6 Å². The zero-order chi connectivity index (χ0) is 15.1. The number of halogens is 1. The van der Waals surface area contributed by atoms with Crippen molar-refractivity contribution in [3.05, 3.63) is 34.9 Å². The van der Waals surface area contributed by atoms with Gasteiger partial charge in [0.05, 0.1) is 6.54 Å². The molecule has 116 valence electrons. The Balaban J connectivity index is 1.73. The number of hydrogen-bond acceptors (Lipinski definition) is 2. The van der Waals surface area contributed by atoms with Crippen LogP contribution in [0.25, 0.3) is 0 Å². The van der Waals surface area contributed by atoms with Gasteiger partial charge in [-0.25, -0.2) is 0 Å². The van der Waals surface area contributed by atoms with Crippen molar-refractivity contribution in [2.45, 2.75) is 57.5 Å². The van der Waals surface area contributed by atoms with Crippen LogP contribution in [0.15, 0.2) is 24.3 Å². The molecule has 1 aromatic rings.